The Morgan fingerprint density at radius 3 is 2.35 bits per heavy atom. The molecule has 2 aromatic rings. The summed E-state index contributed by atoms with van der Waals surface area (Å²) in [6, 6.07) is 1.26. The molecule has 0 atom stereocenters. The molecule has 0 unspecified atom stereocenters. The summed E-state index contributed by atoms with van der Waals surface area (Å²) in [5.74, 6) is -1.93. The number of nitro benzene ring substituents is 1. The van der Waals surface area contributed by atoms with Gasteiger partial charge in [-0.15, -0.1) is 0 Å². The van der Waals surface area contributed by atoms with Crippen LogP contribution in [0.25, 0.3) is 11.4 Å². The lowest BCUT2D eigenvalue weighted by Crippen LogP contribution is -1.96. The number of nitrogens with one attached hydrogen (secondary N) is 1. The normalized spacial score (nSPS) is 10.5. The van der Waals surface area contributed by atoms with E-state index in [1.54, 1.807) is 6.92 Å². The fourth-order valence-electron chi connectivity index (χ4n) is 1.33. The summed E-state index contributed by atoms with van der Waals surface area (Å²) in [4.78, 5) is 13.3. The first-order valence-corrected chi connectivity index (χ1v) is 4.52. The molecule has 88 valence electrons. The molecular weight excluding hydrogens is 234 g/mol. The van der Waals surface area contributed by atoms with Gasteiger partial charge in [-0.05, 0) is 6.92 Å². The SMILES string of the molecule is Cc1nc(-c2c(F)cc([N+](=O)[O-])cc2F)n[nH]1. The Kier molecular flexibility index (Phi) is 2.54. The van der Waals surface area contributed by atoms with Crippen molar-refractivity contribution in [3.8, 4) is 11.4 Å². The zero-order valence-electron chi connectivity index (χ0n) is 8.57. The van der Waals surface area contributed by atoms with Crippen LogP contribution in [0.4, 0.5) is 14.5 Å². The van der Waals surface area contributed by atoms with Crippen molar-refractivity contribution >= 4 is 5.69 Å². The van der Waals surface area contributed by atoms with Crippen LogP contribution >= 0.6 is 0 Å². The topological polar surface area (TPSA) is 84.7 Å². The van der Waals surface area contributed by atoms with Crippen LogP contribution in [0.1, 0.15) is 5.82 Å². The number of H-pyrrole nitrogens is 1. The van der Waals surface area contributed by atoms with Crippen LogP contribution in [0.2, 0.25) is 0 Å². The van der Waals surface area contributed by atoms with Crippen molar-refractivity contribution in [2.24, 2.45) is 0 Å². The first-order valence-electron chi connectivity index (χ1n) is 4.52. The fraction of sp³-hybridized carbons (Fsp3) is 0.111. The summed E-state index contributed by atoms with van der Waals surface area (Å²) < 4.78 is 27.1. The van der Waals surface area contributed by atoms with Gasteiger partial charge in [0.25, 0.3) is 5.69 Å². The minimum Gasteiger partial charge on any atom is -0.263 e. The van der Waals surface area contributed by atoms with Crippen molar-refractivity contribution in [1.82, 2.24) is 15.2 Å². The number of hydrogen-bond acceptors (Lipinski definition) is 4. The predicted octanol–water partition coefficient (Wildman–Crippen LogP) is 1.97. The molecule has 0 bridgehead atoms. The third kappa shape index (κ3) is 1.96. The summed E-state index contributed by atoms with van der Waals surface area (Å²) in [7, 11) is 0. The number of nitro groups is 1. The van der Waals surface area contributed by atoms with Gasteiger partial charge in [0.15, 0.2) is 5.82 Å². The molecule has 0 aliphatic rings. The summed E-state index contributed by atoms with van der Waals surface area (Å²) in [5, 5.41) is 16.4. The molecule has 17 heavy (non-hydrogen) atoms. The second-order valence-electron chi connectivity index (χ2n) is 3.29. The van der Waals surface area contributed by atoms with Crippen LogP contribution in [0.5, 0.6) is 0 Å². The Hall–Kier alpha value is -2.38. The lowest BCUT2D eigenvalue weighted by molar-refractivity contribution is -0.385. The number of aryl methyl sites for hydroxylation is 1. The average molecular weight is 240 g/mol. The van der Waals surface area contributed by atoms with Crippen LogP contribution in [0.3, 0.4) is 0 Å². The summed E-state index contributed by atoms with van der Waals surface area (Å²) >= 11 is 0. The first kappa shape index (κ1) is 11.1. The van der Waals surface area contributed by atoms with E-state index < -0.39 is 27.8 Å². The van der Waals surface area contributed by atoms with E-state index in [0.29, 0.717) is 18.0 Å². The maximum atomic E-state index is 13.5. The highest BCUT2D eigenvalue weighted by molar-refractivity contribution is 5.59. The Balaban J connectivity index is 2.60. The number of aromatic amines is 1. The van der Waals surface area contributed by atoms with E-state index in [1.165, 1.54) is 0 Å². The van der Waals surface area contributed by atoms with Gasteiger partial charge in [0.1, 0.15) is 17.5 Å². The smallest absolute Gasteiger partial charge is 0.263 e. The Morgan fingerprint density at radius 2 is 1.94 bits per heavy atom. The van der Waals surface area contributed by atoms with Gasteiger partial charge in [-0.2, -0.15) is 5.10 Å². The predicted molar refractivity (Wildman–Crippen MR) is 53.1 cm³/mol. The van der Waals surface area contributed by atoms with Gasteiger partial charge in [-0.25, -0.2) is 13.8 Å². The second-order valence-corrected chi connectivity index (χ2v) is 3.29. The molecule has 1 aromatic heterocycles. The molecule has 0 fully saturated rings. The van der Waals surface area contributed by atoms with Crippen molar-refractivity contribution in [3.63, 3.8) is 0 Å². The monoisotopic (exact) mass is 240 g/mol. The molecule has 1 heterocycles. The molecule has 1 N–H and O–H groups in total. The van der Waals surface area contributed by atoms with Crippen molar-refractivity contribution in [2.45, 2.75) is 6.92 Å². The Morgan fingerprint density at radius 1 is 1.35 bits per heavy atom. The molecule has 2 rings (SSSR count). The van der Waals surface area contributed by atoms with Crippen LogP contribution < -0.4 is 0 Å². The summed E-state index contributed by atoms with van der Waals surface area (Å²) in [5.41, 5.74) is -1.14. The Labute approximate surface area is 93.5 Å². The quantitative estimate of drug-likeness (QED) is 0.642. The summed E-state index contributed by atoms with van der Waals surface area (Å²) in [6.07, 6.45) is 0. The van der Waals surface area contributed by atoms with E-state index in [9.17, 15) is 18.9 Å². The van der Waals surface area contributed by atoms with Crippen molar-refractivity contribution in [2.75, 3.05) is 0 Å². The molecule has 0 radical (unpaired) electrons. The molecule has 0 aliphatic heterocycles. The van der Waals surface area contributed by atoms with Crippen LogP contribution in [0.15, 0.2) is 12.1 Å². The van der Waals surface area contributed by atoms with Crippen molar-refractivity contribution in [1.29, 1.82) is 0 Å². The van der Waals surface area contributed by atoms with Gasteiger partial charge in [0.05, 0.1) is 22.6 Å². The van der Waals surface area contributed by atoms with Crippen LogP contribution in [-0.2, 0) is 0 Å². The molecule has 0 aliphatic carbocycles. The second kappa shape index (κ2) is 3.89. The highest BCUT2D eigenvalue weighted by atomic mass is 19.1. The molecule has 0 amide bonds. The van der Waals surface area contributed by atoms with Crippen molar-refractivity contribution < 1.29 is 13.7 Å². The van der Waals surface area contributed by atoms with Crippen molar-refractivity contribution in [3.05, 3.63) is 39.7 Å². The number of non-ortho nitro benzene ring substituents is 1. The third-order valence-electron chi connectivity index (χ3n) is 2.06. The minimum atomic E-state index is -1.07. The Bertz CT molecular complexity index is 573. The highest BCUT2D eigenvalue weighted by Crippen LogP contribution is 2.27. The number of rotatable bonds is 2. The van der Waals surface area contributed by atoms with E-state index in [2.05, 4.69) is 15.2 Å². The van der Waals surface area contributed by atoms with E-state index in [4.69, 9.17) is 0 Å². The molecular formula is C9H6F2N4O2. The molecule has 6 nitrogen and oxygen atoms in total. The molecule has 0 saturated carbocycles. The van der Waals surface area contributed by atoms with Gasteiger partial charge >= 0.3 is 0 Å². The van der Waals surface area contributed by atoms with Gasteiger partial charge < -0.3 is 0 Å². The van der Waals surface area contributed by atoms with Gasteiger partial charge in [0, 0.05) is 0 Å². The van der Waals surface area contributed by atoms with E-state index in [0.717, 1.165) is 0 Å². The highest BCUT2D eigenvalue weighted by Gasteiger charge is 2.20. The molecule has 8 heteroatoms. The zero-order chi connectivity index (χ0) is 12.6. The maximum absolute atomic E-state index is 13.5. The lowest BCUT2D eigenvalue weighted by Gasteiger charge is -2.00. The lowest BCUT2D eigenvalue weighted by atomic mass is 10.1. The fourth-order valence-corrected chi connectivity index (χ4v) is 1.33. The van der Waals surface area contributed by atoms with Gasteiger partial charge in [0.2, 0.25) is 0 Å². The van der Waals surface area contributed by atoms with E-state index in [1.807, 2.05) is 0 Å². The number of benzene rings is 1. The molecule has 1 aromatic carbocycles. The van der Waals surface area contributed by atoms with Crippen LogP contribution in [0, 0.1) is 28.7 Å². The van der Waals surface area contributed by atoms with Crippen LogP contribution in [-0.4, -0.2) is 20.1 Å². The minimum absolute atomic E-state index is 0.174. The zero-order valence-corrected chi connectivity index (χ0v) is 8.57. The average Bonchev–Trinajstić information content (AvgIpc) is 2.63. The number of hydrogen-bond donors (Lipinski definition) is 1. The van der Waals surface area contributed by atoms with E-state index in [-0.39, 0.29) is 5.82 Å². The molecule has 0 spiro atoms. The summed E-state index contributed by atoms with van der Waals surface area (Å²) in [6.45, 7) is 1.57. The first-order chi connectivity index (χ1) is 7.99. The maximum Gasteiger partial charge on any atom is 0.275 e. The van der Waals surface area contributed by atoms with Gasteiger partial charge in [-0.3, -0.25) is 15.2 Å². The number of aromatic nitrogens is 3. The van der Waals surface area contributed by atoms with E-state index >= 15 is 0 Å². The standard InChI is InChI=1S/C9H6F2N4O2/c1-4-12-9(14-13-4)8-6(10)2-5(15(16)17)3-7(8)11/h2-3H,1H3,(H,12,13,14). The molecule has 0 saturated heterocycles. The number of nitrogens with zero attached hydrogens (tertiary/aromatic N) is 3. The van der Waals surface area contributed by atoms with Gasteiger partial charge in [-0.1, -0.05) is 0 Å². The number of halogens is 2. The largest absolute Gasteiger partial charge is 0.275 e. The third-order valence-corrected chi connectivity index (χ3v) is 2.06.